The second kappa shape index (κ2) is 7.66. The molecule has 0 bridgehead atoms. The number of hydrogen-bond acceptors (Lipinski definition) is 4. The maximum absolute atomic E-state index is 14.6. The molecule has 134 valence electrons. The predicted octanol–water partition coefficient (Wildman–Crippen LogP) is 4.53. The minimum atomic E-state index is -0.689. The lowest BCUT2D eigenvalue weighted by atomic mass is 9.92. The summed E-state index contributed by atoms with van der Waals surface area (Å²) in [7, 11) is 0. The molecule has 0 aliphatic rings. The first-order chi connectivity index (χ1) is 11.7. The Balaban J connectivity index is 2.50. The molecule has 0 unspecified atom stereocenters. The molecule has 2 rings (SSSR count). The van der Waals surface area contributed by atoms with Crippen molar-refractivity contribution in [3.8, 4) is 16.9 Å². The van der Waals surface area contributed by atoms with Crippen LogP contribution < -0.4 is 5.73 Å². The summed E-state index contributed by atoms with van der Waals surface area (Å²) in [6, 6.07) is 6.33. The van der Waals surface area contributed by atoms with Gasteiger partial charge in [-0.15, -0.1) is 0 Å². The molecular formula is C20H25FN2O2. The smallest absolute Gasteiger partial charge is 0.182 e. The lowest BCUT2D eigenvalue weighted by Gasteiger charge is -2.18. The number of aromatic hydroxyl groups is 1. The Morgan fingerprint density at radius 1 is 1.20 bits per heavy atom. The Morgan fingerprint density at radius 3 is 2.48 bits per heavy atom. The zero-order valence-electron chi connectivity index (χ0n) is 15.1. The highest BCUT2D eigenvalue weighted by Crippen LogP contribution is 2.36. The average Bonchev–Trinajstić information content (AvgIpc) is 2.49. The third-order valence-electron chi connectivity index (χ3n) is 4.15. The Morgan fingerprint density at radius 2 is 1.88 bits per heavy atom. The number of aryl methyl sites for hydroxylation is 3. The normalized spacial score (nSPS) is 12.1. The topological polar surface area (TPSA) is 79.3 Å². The molecule has 0 amide bonds. The number of ether oxygens (including phenoxy) is 1. The first-order valence-corrected chi connectivity index (χ1v) is 8.31. The quantitative estimate of drug-likeness (QED) is 0.551. The summed E-state index contributed by atoms with van der Waals surface area (Å²) in [5, 5.41) is 18.1. The Labute approximate surface area is 148 Å². The van der Waals surface area contributed by atoms with Crippen molar-refractivity contribution in [3.05, 3.63) is 52.3 Å². The SMILES string of the molecule is CCOC(=N)C[C@H](N)c1cc(-c2c(C)cc(C)cc2O)cc(C)c1F. The van der Waals surface area contributed by atoms with E-state index in [1.54, 1.807) is 32.0 Å². The first kappa shape index (κ1) is 18.9. The molecule has 0 saturated heterocycles. The van der Waals surface area contributed by atoms with Crippen LogP contribution in [0.3, 0.4) is 0 Å². The van der Waals surface area contributed by atoms with Crippen LogP contribution in [0.15, 0.2) is 24.3 Å². The number of phenolic OH excluding ortho intramolecular Hbond substituents is 1. The number of nitrogens with two attached hydrogens (primary N) is 1. The second-order valence-corrected chi connectivity index (χ2v) is 6.34. The minimum absolute atomic E-state index is 0.0341. The molecule has 0 aromatic heterocycles. The molecule has 0 radical (unpaired) electrons. The van der Waals surface area contributed by atoms with Gasteiger partial charge >= 0.3 is 0 Å². The van der Waals surface area contributed by atoms with Crippen molar-refractivity contribution in [2.45, 2.75) is 40.2 Å². The van der Waals surface area contributed by atoms with Gasteiger partial charge in [0.15, 0.2) is 5.90 Å². The van der Waals surface area contributed by atoms with Crippen molar-refractivity contribution in [3.63, 3.8) is 0 Å². The van der Waals surface area contributed by atoms with E-state index in [4.69, 9.17) is 15.9 Å². The van der Waals surface area contributed by atoms with Crippen LogP contribution in [0.25, 0.3) is 11.1 Å². The van der Waals surface area contributed by atoms with E-state index in [9.17, 15) is 9.50 Å². The van der Waals surface area contributed by atoms with Gasteiger partial charge in [0, 0.05) is 23.6 Å². The summed E-state index contributed by atoms with van der Waals surface area (Å²) in [6.45, 7) is 7.65. The van der Waals surface area contributed by atoms with Crippen molar-refractivity contribution in [2.24, 2.45) is 5.73 Å². The Hall–Kier alpha value is -2.40. The molecule has 4 N–H and O–H groups in total. The van der Waals surface area contributed by atoms with E-state index in [-0.39, 0.29) is 23.9 Å². The molecule has 25 heavy (non-hydrogen) atoms. The van der Waals surface area contributed by atoms with Crippen molar-refractivity contribution >= 4 is 5.90 Å². The van der Waals surface area contributed by atoms with Gasteiger partial charge in [-0.1, -0.05) is 6.07 Å². The van der Waals surface area contributed by atoms with Gasteiger partial charge in [0.1, 0.15) is 11.6 Å². The molecule has 2 aromatic rings. The number of hydrogen-bond donors (Lipinski definition) is 3. The first-order valence-electron chi connectivity index (χ1n) is 8.31. The maximum atomic E-state index is 14.6. The number of nitrogens with one attached hydrogen (secondary N) is 1. The molecule has 2 aromatic carbocycles. The van der Waals surface area contributed by atoms with Crippen molar-refractivity contribution < 1.29 is 14.2 Å². The number of rotatable bonds is 5. The van der Waals surface area contributed by atoms with Crippen LogP contribution in [-0.4, -0.2) is 17.6 Å². The van der Waals surface area contributed by atoms with E-state index in [0.717, 1.165) is 11.1 Å². The number of benzene rings is 2. The van der Waals surface area contributed by atoms with Gasteiger partial charge in [0.25, 0.3) is 0 Å². The van der Waals surface area contributed by atoms with Crippen LogP contribution >= 0.6 is 0 Å². The molecule has 4 nitrogen and oxygen atoms in total. The summed E-state index contributed by atoms with van der Waals surface area (Å²) < 4.78 is 19.7. The fourth-order valence-electron chi connectivity index (χ4n) is 3.07. The third-order valence-corrected chi connectivity index (χ3v) is 4.15. The van der Waals surface area contributed by atoms with Gasteiger partial charge in [-0.25, -0.2) is 4.39 Å². The van der Waals surface area contributed by atoms with E-state index in [0.29, 0.717) is 28.9 Å². The lowest BCUT2D eigenvalue weighted by molar-refractivity contribution is 0.310. The average molecular weight is 344 g/mol. The third kappa shape index (κ3) is 4.17. The monoisotopic (exact) mass is 344 g/mol. The molecule has 0 heterocycles. The number of halogens is 1. The van der Waals surface area contributed by atoms with E-state index in [1.807, 2.05) is 19.9 Å². The maximum Gasteiger partial charge on any atom is 0.182 e. The van der Waals surface area contributed by atoms with Gasteiger partial charge in [0.05, 0.1) is 6.61 Å². The van der Waals surface area contributed by atoms with Crippen molar-refractivity contribution in [1.82, 2.24) is 0 Å². The van der Waals surface area contributed by atoms with Gasteiger partial charge in [-0.2, -0.15) is 0 Å². The number of phenols is 1. The molecule has 0 spiro atoms. The Kier molecular flexibility index (Phi) is 5.80. The largest absolute Gasteiger partial charge is 0.507 e. The minimum Gasteiger partial charge on any atom is -0.507 e. The van der Waals surface area contributed by atoms with E-state index < -0.39 is 6.04 Å². The van der Waals surface area contributed by atoms with Gasteiger partial charge in [0.2, 0.25) is 0 Å². The van der Waals surface area contributed by atoms with E-state index >= 15 is 0 Å². The molecular weight excluding hydrogens is 319 g/mol. The van der Waals surface area contributed by atoms with Crippen LogP contribution in [0.2, 0.25) is 0 Å². The summed E-state index contributed by atoms with van der Waals surface area (Å²) >= 11 is 0. The zero-order chi connectivity index (χ0) is 18.7. The van der Waals surface area contributed by atoms with Crippen LogP contribution in [0.5, 0.6) is 5.75 Å². The molecule has 0 saturated carbocycles. The van der Waals surface area contributed by atoms with E-state index in [1.165, 1.54) is 0 Å². The van der Waals surface area contributed by atoms with Crippen molar-refractivity contribution in [1.29, 1.82) is 5.41 Å². The van der Waals surface area contributed by atoms with Crippen LogP contribution in [0.1, 0.15) is 41.6 Å². The van der Waals surface area contributed by atoms with Crippen LogP contribution in [-0.2, 0) is 4.74 Å². The highest BCUT2D eigenvalue weighted by molar-refractivity contribution is 5.76. The summed E-state index contributed by atoms with van der Waals surface area (Å²) in [6.07, 6.45) is 0.118. The Bertz CT molecular complexity index is 780. The van der Waals surface area contributed by atoms with Crippen molar-refractivity contribution in [2.75, 3.05) is 6.61 Å². The molecule has 1 atom stereocenters. The fourth-order valence-corrected chi connectivity index (χ4v) is 3.07. The van der Waals surface area contributed by atoms with Gasteiger partial charge in [-0.05, 0) is 68.1 Å². The molecule has 5 heteroatoms. The summed E-state index contributed by atoms with van der Waals surface area (Å²) in [5.41, 5.74) is 10.1. The van der Waals surface area contributed by atoms with Gasteiger partial charge in [-0.3, -0.25) is 5.41 Å². The highest BCUT2D eigenvalue weighted by atomic mass is 19.1. The lowest BCUT2D eigenvalue weighted by Crippen LogP contribution is -2.18. The van der Waals surface area contributed by atoms with Crippen LogP contribution in [0, 0.1) is 32.0 Å². The molecule has 0 aliphatic heterocycles. The predicted molar refractivity (Wildman–Crippen MR) is 98.6 cm³/mol. The molecule has 0 fully saturated rings. The highest BCUT2D eigenvalue weighted by Gasteiger charge is 2.19. The van der Waals surface area contributed by atoms with E-state index in [2.05, 4.69) is 0 Å². The van der Waals surface area contributed by atoms with Crippen LogP contribution in [0.4, 0.5) is 4.39 Å². The standard InChI is InChI=1S/C20H25FN2O2/c1-5-25-18(23)10-16(22)15-9-14(8-13(4)20(15)21)19-12(3)6-11(2)7-17(19)24/h6-9,16,23-24H,5,10,22H2,1-4H3/t16-/m0/s1. The summed E-state index contributed by atoms with van der Waals surface area (Å²) in [5.74, 6) is -0.193. The van der Waals surface area contributed by atoms with Gasteiger partial charge < -0.3 is 15.6 Å². The second-order valence-electron chi connectivity index (χ2n) is 6.34. The summed E-state index contributed by atoms with van der Waals surface area (Å²) in [4.78, 5) is 0. The molecule has 0 aliphatic carbocycles. The zero-order valence-corrected chi connectivity index (χ0v) is 15.1. The fraction of sp³-hybridized carbons (Fsp3) is 0.350.